The molecule has 1 heterocycles. The molecule has 2 fully saturated rings. The molecule has 104 valence electrons. The van der Waals surface area contributed by atoms with Gasteiger partial charge >= 0.3 is 0 Å². The maximum absolute atomic E-state index is 6.41. The third kappa shape index (κ3) is 1.79. The minimum atomic E-state index is 0.571. The van der Waals surface area contributed by atoms with Gasteiger partial charge in [0.15, 0.2) is 0 Å². The van der Waals surface area contributed by atoms with Gasteiger partial charge in [-0.1, -0.05) is 12.1 Å². The van der Waals surface area contributed by atoms with Gasteiger partial charge in [0.1, 0.15) is 23.1 Å². The van der Waals surface area contributed by atoms with Gasteiger partial charge in [0, 0.05) is 17.5 Å². The second-order valence-corrected chi connectivity index (χ2v) is 5.78. The predicted octanol–water partition coefficient (Wildman–Crippen LogP) is 3.35. The van der Waals surface area contributed by atoms with Crippen LogP contribution in [0.15, 0.2) is 24.3 Å². The number of benzene rings is 1. The maximum atomic E-state index is 6.41. The normalized spacial score (nSPS) is 18.2. The zero-order valence-electron chi connectivity index (χ0n) is 11.7. The summed E-state index contributed by atoms with van der Waals surface area (Å²) in [5.41, 5.74) is 8.29. The number of aromatic nitrogens is 2. The number of methoxy groups -OCH3 is 1. The van der Waals surface area contributed by atoms with Gasteiger partial charge in [0.2, 0.25) is 0 Å². The molecular weight excluding hydrogens is 250 g/mol. The first kappa shape index (κ1) is 11.8. The summed E-state index contributed by atoms with van der Waals surface area (Å²) in [7, 11) is 1.69. The smallest absolute Gasteiger partial charge is 0.132 e. The van der Waals surface area contributed by atoms with E-state index in [2.05, 4.69) is 4.57 Å². The van der Waals surface area contributed by atoms with Gasteiger partial charge in [0.25, 0.3) is 0 Å². The molecule has 0 atom stereocenters. The summed E-state index contributed by atoms with van der Waals surface area (Å²) in [5, 5.41) is 0. The van der Waals surface area contributed by atoms with Gasteiger partial charge in [-0.2, -0.15) is 0 Å². The maximum Gasteiger partial charge on any atom is 0.132 e. The molecule has 2 aliphatic carbocycles. The highest BCUT2D eigenvalue weighted by Gasteiger charge is 2.36. The molecule has 0 saturated heterocycles. The first-order valence-corrected chi connectivity index (χ1v) is 7.30. The molecular formula is C16H19N3O. The number of imidazole rings is 1. The SMILES string of the molecule is COc1ccccc1-c1nc(C2CC2)n(C2CC2)c1N. The van der Waals surface area contributed by atoms with Crippen molar-refractivity contribution in [2.45, 2.75) is 37.6 Å². The van der Waals surface area contributed by atoms with Crippen LogP contribution in [0.1, 0.15) is 43.5 Å². The summed E-state index contributed by atoms with van der Waals surface area (Å²) in [6, 6.07) is 8.54. The predicted molar refractivity (Wildman–Crippen MR) is 78.9 cm³/mol. The first-order valence-electron chi connectivity index (χ1n) is 7.30. The number of anilines is 1. The largest absolute Gasteiger partial charge is 0.496 e. The number of hydrogen-bond donors (Lipinski definition) is 1. The molecule has 2 aromatic rings. The van der Waals surface area contributed by atoms with Crippen molar-refractivity contribution in [2.24, 2.45) is 0 Å². The second kappa shape index (κ2) is 4.27. The lowest BCUT2D eigenvalue weighted by Gasteiger charge is -2.08. The summed E-state index contributed by atoms with van der Waals surface area (Å²) in [6.07, 6.45) is 4.94. The fraction of sp³-hybridized carbons (Fsp3) is 0.438. The molecule has 2 saturated carbocycles. The lowest BCUT2D eigenvalue weighted by molar-refractivity contribution is 0.416. The second-order valence-electron chi connectivity index (χ2n) is 5.78. The summed E-state index contributed by atoms with van der Waals surface area (Å²) in [4.78, 5) is 4.87. The molecule has 0 spiro atoms. The van der Waals surface area contributed by atoms with E-state index in [-0.39, 0.29) is 0 Å². The van der Waals surface area contributed by atoms with Crippen molar-refractivity contribution in [3.63, 3.8) is 0 Å². The third-order valence-corrected chi connectivity index (χ3v) is 4.19. The van der Waals surface area contributed by atoms with Gasteiger partial charge in [-0.05, 0) is 37.8 Å². The Balaban J connectivity index is 1.87. The Morgan fingerprint density at radius 1 is 1.20 bits per heavy atom. The third-order valence-electron chi connectivity index (χ3n) is 4.19. The van der Waals surface area contributed by atoms with Gasteiger partial charge in [-0.15, -0.1) is 0 Å². The molecule has 4 rings (SSSR count). The molecule has 0 aliphatic heterocycles. The first-order chi connectivity index (χ1) is 9.79. The van der Waals surface area contributed by atoms with Crippen LogP contribution in [-0.4, -0.2) is 16.7 Å². The zero-order valence-corrected chi connectivity index (χ0v) is 11.7. The van der Waals surface area contributed by atoms with E-state index >= 15 is 0 Å². The number of hydrogen-bond acceptors (Lipinski definition) is 3. The summed E-state index contributed by atoms with van der Waals surface area (Å²) >= 11 is 0. The summed E-state index contributed by atoms with van der Waals surface area (Å²) < 4.78 is 7.73. The molecule has 20 heavy (non-hydrogen) atoms. The van der Waals surface area contributed by atoms with E-state index in [1.807, 2.05) is 24.3 Å². The van der Waals surface area contributed by atoms with Gasteiger partial charge in [0.05, 0.1) is 7.11 Å². The van der Waals surface area contributed by atoms with E-state index in [4.69, 9.17) is 15.5 Å². The molecule has 1 aromatic carbocycles. The molecule has 0 bridgehead atoms. The minimum Gasteiger partial charge on any atom is -0.496 e. The number of nitrogen functional groups attached to an aromatic ring is 1. The average molecular weight is 269 g/mol. The van der Waals surface area contributed by atoms with Gasteiger partial charge < -0.3 is 15.0 Å². The summed E-state index contributed by atoms with van der Waals surface area (Å²) in [6.45, 7) is 0. The Morgan fingerprint density at radius 3 is 2.60 bits per heavy atom. The lowest BCUT2D eigenvalue weighted by atomic mass is 10.1. The highest BCUT2D eigenvalue weighted by atomic mass is 16.5. The van der Waals surface area contributed by atoms with Crippen molar-refractivity contribution in [1.29, 1.82) is 0 Å². The molecule has 0 amide bonds. The van der Waals surface area contributed by atoms with Crippen molar-refractivity contribution >= 4 is 5.82 Å². The minimum absolute atomic E-state index is 0.571. The average Bonchev–Trinajstić information content (AvgIpc) is 3.36. The van der Waals surface area contributed by atoms with Gasteiger partial charge in [-0.25, -0.2) is 4.98 Å². The topological polar surface area (TPSA) is 53.1 Å². The summed E-state index contributed by atoms with van der Waals surface area (Å²) in [5.74, 6) is 3.44. The number of ether oxygens (including phenoxy) is 1. The Morgan fingerprint density at radius 2 is 1.95 bits per heavy atom. The number of rotatable bonds is 4. The fourth-order valence-corrected chi connectivity index (χ4v) is 2.85. The molecule has 2 N–H and O–H groups in total. The van der Waals surface area contributed by atoms with Crippen molar-refractivity contribution in [2.75, 3.05) is 12.8 Å². The van der Waals surface area contributed by atoms with Crippen LogP contribution in [0.25, 0.3) is 11.3 Å². The monoisotopic (exact) mass is 269 g/mol. The number of nitrogens with zero attached hydrogens (tertiary/aromatic N) is 2. The molecule has 0 radical (unpaired) electrons. The number of nitrogens with two attached hydrogens (primary N) is 1. The van der Waals surface area contributed by atoms with Crippen LogP contribution in [0.2, 0.25) is 0 Å². The van der Waals surface area contributed by atoms with E-state index in [0.717, 1.165) is 22.8 Å². The molecule has 2 aliphatic rings. The van der Waals surface area contributed by atoms with Crippen LogP contribution in [0.4, 0.5) is 5.82 Å². The van der Waals surface area contributed by atoms with Crippen LogP contribution in [0.5, 0.6) is 5.75 Å². The van der Waals surface area contributed by atoms with Crippen molar-refractivity contribution in [3.05, 3.63) is 30.1 Å². The fourth-order valence-electron chi connectivity index (χ4n) is 2.85. The van der Waals surface area contributed by atoms with E-state index in [1.54, 1.807) is 7.11 Å². The van der Waals surface area contributed by atoms with Crippen LogP contribution in [0.3, 0.4) is 0 Å². The molecule has 4 heteroatoms. The highest BCUT2D eigenvalue weighted by Crippen LogP contribution is 2.48. The Labute approximate surface area is 118 Å². The van der Waals surface area contributed by atoms with Crippen LogP contribution in [0, 0.1) is 0 Å². The lowest BCUT2D eigenvalue weighted by Crippen LogP contribution is -2.04. The standard InChI is InChI=1S/C16H19N3O/c1-20-13-5-3-2-4-12(13)14-15(17)19(11-8-9-11)16(18-14)10-6-7-10/h2-5,10-11H,6-9,17H2,1H3. The van der Waals surface area contributed by atoms with E-state index in [9.17, 15) is 0 Å². The number of para-hydroxylation sites is 1. The zero-order chi connectivity index (χ0) is 13.7. The molecule has 0 unspecified atom stereocenters. The van der Waals surface area contributed by atoms with E-state index in [0.29, 0.717) is 12.0 Å². The molecule has 4 nitrogen and oxygen atoms in total. The van der Waals surface area contributed by atoms with Crippen molar-refractivity contribution < 1.29 is 4.74 Å². The highest BCUT2D eigenvalue weighted by molar-refractivity contribution is 5.76. The van der Waals surface area contributed by atoms with Crippen LogP contribution < -0.4 is 10.5 Å². The Kier molecular flexibility index (Phi) is 2.52. The van der Waals surface area contributed by atoms with E-state index < -0.39 is 0 Å². The van der Waals surface area contributed by atoms with Crippen LogP contribution >= 0.6 is 0 Å². The Hall–Kier alpha value is -1.97. The quantitative estimate of drug-likeness (QED) is 0.926. The van der Waals surface area contributed by atoms with Gasteiger partial charge in [-0.3, -0.25) is 0 Å². The van der Waals surface area contributed by atoms with E-state index in [1.165, 1.54) is 31.5 Å². The van der Waals surface area contributed by atoms with Crippen LogP contribution in [-0.2, 0) is 0 Å². The van der Waals surface area contributed by atoms with Crippen molar-refractivity contribution in [1.82, 2.24) is 9.55 Å². The van der Waals surface area contributed by atoms with Crippen molar-refractivity contribution in [3.8, 4) is 17.0 Å². The Bertz CT molecular complexity index is 654. The molecule has 1 aromatic heterocycles.